The van der Waals surface area contributed by atoms with E-state index in [0.29, 0.717) is 11.3 Å². The minimum atomic E-state index is 0.234. The lowest BCUT2D eigenvalue weighted by molar-refractivity contribution is 0.174. The first kappa shape index (κ1) is 19.3. The molecule has 1 aromatic heterocycles. The fraction of sp³-hybridized carbons (Fsp3) is 0.217. The largest absolute Gasteiger partial charge is 0.454 e. The van der Waals surface area contributed by atoms with E-state index in [9.17, 15) is 5.26 Å². The normalized spacial score (nSPS) is 15.3. The van der Waals surface area contributed by atoms with Crippen molar-refractivity contribution in [2.24, 2.45) is 4.99 Å². The van der Waals surface area contributed by atoms with Gasteiger partial charge in [-0.1, -0.05) is 30.3 Å². The molecule has 5 rings (SSSR count). The highest BCUT2D eigenvalue weighted by atomic mass is 79.9. The molecule has 7 heteroatoms. The van der Waals surface area contributed by atoms with E-state index in [4.69, 9.17) is 9.47 Å². The lowest BCUT2D eigenvalue weighted by Crippen LogP contribution is -2.29. The first-order valence-electron chi connectivity index (χ1n) is 9.65. The molecule has 0 saturated carbocycles. The summed E-state index contributed by atoms with van der Waals surface area (Å²) in [5, 5.41) is 10.5. The van der Waals surface area contributed by atoms with Gasteiger partial charge in [-0.25, -0.2) is 4.99 Å². The predicted octanol–water partition coefficient (Wildman–Crippen LogP) is 5.42. The van der Waals surface area contributed by atoms with Crippen LogP contribution < -0.4 is 9.47 Å². The van der Waals surface area contributed by atoms with Crippen molar-refractivity contribution in [1.82, 2.24) is 4.90 Å². The fourth-order valence-corrected chi connectivity index (χ4v) is 5.39. The zero-order valence-electron chi connectivity index (χ0n) is 16.1. The molecule has 0 fully saturated rings. The second-order valence-corrected chi connectivity index (χ2v) is 9.17. The first-order chi connectivity index (χ1) is 14.7. The Hall–Kier alpha value is -2.66. The molecule has 2 aliphatic heterocycles. The Balaban J connectivity index is 1.39. The lowest BCUT2D eigenvalue weighted by Gasteiger charge is -2.26. The third-order valence-corrected chi connectivity index (χ3v) is 7.10. The SMILES string of the molecule is N#Cc1c(N=Cc2cc3c(cc2Br)OCO3)sc2c1CCN(Cc1ccccc1)C2. The van der Waals surface area contributed by atoms with Crippen LogP contribution >= 0.6 is 27.3 Å². The van der Waals surface area contributed by atoms with Gasteiger partial charge >= 0.3 is 0 Å². The van der Waals surface area contributed by atoms with Gasteiger partial charge in [0.25, 0.3) is 0 Å². The smallest absolute Gasteiger partial charge is 0.231 e. The Morgan fingerprint density at radius 1 is 1.20 bits per heavy atom. The maximum atomic E-state index is 9.77. The van der Waals surface area contributed by atoms with E-state index in [1.807, 2.05) is 18.2 Å². The van der Waals surface area contributed by atoms with E-state index in [1.54, 1.807) is 17.6 Å². The molecule has 30 heavy (non-hydrogen) atoms. The van der Waals surface area contributed by atoms with Crippen molar-refractivity contribution in [2.75, 3.05) is 13.3 Å². The van der Waals surface area contributed by atoms with Crippen LogP contribution in [0.5, 0.6) is 11.5 Å². The van der Waals surface area contributed by atoms with Crippen LogP contribution in [0.15, 0.2) is 51.9 Å². The molecule has 0 saturated heterocycles. The van der Waals surface area contributed by atoms with Gasteiger partial charge in [0.2, 0.25) is 6.79 Å². The number of fused-ring (bicyclic) bond motifs is 2. The number of aliphatic imine (C=N–C) groups is 1. The van der Waals surface area contributed by atoms with Gasteiger partial charge in [-0.3, -0.25) is 4.90 Å². The number of thiophene rings is 1. The van der Waals surface area contributed by atoms with Gasteiger partial charge in [-0.15, -0.1) is 11.3 Å². The van der Waals surface area contributed by atoms with Crippen LogP contribution in [0.4, 0.5) is 5.00 Å². The maximum absolute atomic E-state index is 9.77. The molecule has 0 bridgehead atoms. The van der Waals surface area contributed by atoms with Crippen LogP contribution in [-0.4, -0.2) is 24.5 Å². The number of hydrogen-bond donors (Lipinski definition) is 0. The van der Waals surface area contributed by atoms with Gasteiger partial charge < -0.3 is 9.47 Å². The maximum Gasteiger partial charge on any atom is 0.231 e. The lowest BCUT2D eigenvalue weighted by atomic mass is 10.0. The number of hydrogen-bond acceptors (Lipinski definition) is 6. The molecule has 3 heterocycles. The summed E-state index contributed by atoms with van der Waals surface area (Å²) in [6, 6.07) is 16.7. The second kappa shape index (κ2) is 8.23. The van der Waals surface area contributed by atoms with E-state index >= 15 is 0 Å². The summed E-state index contributed by atoms with van der Waals surface area (Å²) in [6.45, 7) is 2.96. The first-order valence-corrected chi connectivity index (χ1v) is 11.3. The molecule has 2 aromatic carbocycles. The Bertz CT molecular complexity index is 1170. The molecular weight excluding hydrogens is 462 g/mol. The zero-order valence-corrected chi connectivity index (χ0v) is 18.5. The minimum Gasteiger partial charge on any atom is -0.454 e. The molecule has 0 amide bonds. The third kappa shape index (κ3) is 3.74. The van der Waals surface area contributed by atoms with Crippen LogP contribution in [0, 0.1) is 11.3 Å². The minimum absolute atomic E-state index is 0.234. The summed E-state index contributed by atoms with van der Waals surface area (Å²) in [4.78, 5) is 8.34. The summed E-state index contributed by atoms with van der Waals surface area (Å²) in [5.74, 6) is 1.43. The molecule has 0 unspecified atom stereocenters. The topological polar surface area (TPSA) is 57.9 Å². The Labute approximate surface area is 187 Å². The predicted molar refractivity (Wildman–Crippen MR) is 121 cm³/mol. The highest BCUT2D eigenvalue weighted by molar-refractivity contribution is 9.10. The Morgan fingerprint density at radius 3 is 2.80 bits per heavy atom. The summed E-state index contributed by atoms with van der Waals surface area (Å²) >= 11 is 5.18. The number of rotatable bonds is 4. The molecule has 0 spiro atoms. The van der Waals surface area contributed by atoms with Crippen molar-refractivity contribution in [3.05, 3.63) is 74.1 Å². The van der Waals surface area contributed by atoms with Gasteiger partial charge in [0.05, 0.1) is 5.56 Å². The summed E-state index contributed by atoms with van der Waals surface area (Å²) in [6.07, 6.45) is 2.66. The van der Waals surface area contributed by atoms with Crippen molar-refractivity contribution < 1.29 is 9.47 Å². The Kier molecular flexibility index (Phi) is 5.30. The molecule has 0 N–H and O–H groups in total. The van der Waals surface area contributed by atoms with Crippen LogP contribution in [0.3, 0.4) is 0 Å². The van der Waals surface area contributed by atoms with E-state index in [1.165, 1.54) is 10.4 Å². The van der Waals surface area contributed by atoms with Crippen molar-refractivity contribution in [1.29, 1.82) is 5.26 Å². The zero-order chi connectivity index (χ0) is 20.5. The van der Waals surface area contributed by atoms with Crippen LogP contribution in [0.1, 0.15) is 27.1 Å². The Morgan fingerprint density at radius 2 is 2.00 bits per heavy atom. The second-order valence-electron chi connectivity index (χ2n) is 7.23. The highest BCUT2D eigenvalue weighted by Gasteiger charge is 2.24. The summed E-state index contributed by atoms with van der Waals surface area (Å²) < 4.78 is 11.7. The van der Waals surface area contributed by atoms with Crippen LogP contribution in [0.2, 0.25) is 0 Å². The molecule has 150 valence electrons. The van der Waals surface area contributed by atoms with Gasteiger partial charge in [-0.05, 0) is 45.6 Å². The standard InChI is InChI=1S/C23H18BrN3O2S/c24-19-9-21-20(28-14-29-21)8-16(19)11-26-23-18(10-25)17-6-7-27(13-22(17)30-23)12-15-4-2-1-3-5-15/h1-5,8-9,11H,6-7,12-14H2. The fourth-order valence-electron chi connectivity index (χ4n) is 3.78. The van der Waals surface area contributed by atoms with Crippen molar-refractivity contribution in [3.8, 4) is 17.6 Å². The number of halogens is 1. The van der Waals surface area contributed by atoms with E-state index in [2.05, 4.69) is 56.2 Å². The molecule has 5 nitrogen and oxygen atoms in total. The number of nitriles is 1. The summed E-state index contributed by atoms with van der Waals surface area (Å²) in [7, 11) is 0. The van der Waals surface area contributed by atoms with Crippen molar-refractivity contribution >= 4 is 38.5 Å². The third-order valence-electron chi connectivity index (χ3n) is 5.29. The number of nitrogens with zero attached hydrogens (tertiary/aromatic N) is 3. The van der Waals surface area contributed by atoms with Crippen LogP contribution in [0.25, 0.3) is 0 Å². The molecular formula is C23H18BrN3O2S. The molecule has 0 aliphatic carbocycles. The average molecular weight is 480 g/mol. The number of benzene rings is 2. The average Bonchev–Trinajstić information content (AvgIpc) is 3.35. The molecule has 3 aromatic rings. The van der Waals surface area contributed by atoms with Gasteiger partial charge in [0, 0.05) is 40.8 Å². The van der Waals surface area contributed by atoms with Gasteiger partial charge in [0.15, 0.2) is 11.5 Å². The molecule has 0 radical (unpaired) electrons. The highest BCUT2D eigenvalue weighted by Crippen LogP contribution is 2.40. The van der Waals surface area contributed by atoms with Crippen molar-refractivity contribution in [2.45, 2.75) is 19.5 Å². The van der Waals surface area contributed by atoms with E-state index < -0.39 is 0 Å². The van der Waals surface area contributed by atoms with E-state index in [-0.39, 0.29) is 6.79 Å². The summed E-state index contributed by atoms with van der Waals surface area (Å²) in [5.41, 5.74) is 4.07. The monoisotopic (exact) mass is 479 g/mol. The molecule has 2 aliphatic rings. The molecule has 0 atom stereocenters. The van der Waals surface area contributed by atoms with Gasteiger partial charge in [0.1, 0.15) is 11.1 Å². The van der Waals surface area contributed by atoms with Crippen molar-refractivity contribution in [3.63, 3.8) is 0 Å². The van der Waals surface area contributed by atoms with Gasteiger partial charge in [-0.2, -0.15) is 5.26 Å². The number of ether oxygens (including phenoxy) is 2. The quantitative estimate of drug-likeness (QED) is 0.468. The van der Waals surface area contributed by atoms with E-state index in [0.717, 1.165) is 52.4 Å². The van der Waals surface area contributed by atoms with Crippen LogP contribution in [-0.2, 0) is 19.5 Å².